The Hall–Kier alpha value is -1.51. The first kappa shape index (κ1) is 15.5. The Morgan fingerprint density at radius 3 is 2.32 bits per heavy atom. The number of carbonyl (C=O) groups is 1. The molecule has 0 aliphatic rings. The minimum atomic E-state index is -0.784. The largest absolute Gasteiger partial charge is 0.496 e. The molecule has 3 heteroatoms. The highest BCUT2D eigenvalue weighted by atomic mass is 16.5. The smallest absolute Gasteiger partial charge is 0.311 e. The SMILES string of the molecule is COc1ccc(C(C)C)cc1C(CC(C)C)C(=O)O. The van der Waals surface area contributed by atoms with Crippen LogP contribution >= 0.6 is 0 Å². The van der Waals surface area contributed by atoms with E-state index in [4.69, 9.17) is 4.74 Å². The summed E-state index contributed by atoms with van der Waals surface area (Å²) in [6, 6.07) is 5.85. The highest BCUT2D eigenvalue weighted by Crippen LogP contribution is 2.34. The fourth-order valence-electron chi connectivity index (χ4n) is 2.22. The van der Waals surface area contributed by atoms with Crippen LogP contribution in [0, 0.1) is 5.92 Å². The maximum Gasteiger partial charge on any atom is 0.311 e. The highest BCUT2D eigenvalue weighted by molar-refractivity contribution is 5.77. The Morgan fingerprint density at radius 1 is 1.26 bits per heavy atom. The monoisotopic (exact) mass is 264 g/mol. The van der Waals surface area contributed by atoms with Gasteiger partial charge < -0.3 is 9.84 Å². The van der Waals surface area contributed by atoms with Crippen molar-refractivity contribution in [3.05, 3.63) is 29.3 Å². The van der Waals surface area contributed by atoms with Crippen molar-refractivity contribution < 1.29 is 14.6 Å². The average Bonchev–Trinajstić information content (AvgIpc) is 2.34. The van der Waals surface area contributed by atoms with Gasteiger partial charge in [-0.2, -0.15) is 0 Å². The molecule has 0 aliphatic carbocycles. The molecule has 0 amide bonds. The number of aliphatic carboxylic acids is 1. The van der Waals surface area contributed by atoms with Crippen molar-refractivity contribution in [3.63, 3.8) is 0 Å². The molecule has 1 aromatic rings. The molecule has 0 heterocycles. The average molecular weight is 264 g/mol. The van der Waals surface area contributed by atoms with Crippen LogP contribution in [0.3, 0.4) is 0 Å². The fourth-order valence-corrected chi connectivity index (χ4v) is 2.22. The van der Waals surface area contributed by atoms with E-state index in [1.165, 1.54) is 0 Å². The molecule has 0 saturated carbocycles. The number of ether oxygens (including phenoxy) is 1. The Labute approximate surface area is 115 Å². The molecule has 1 aromatic carbocycles. The van der Waals surface area contributed by atoms with E-state index in [-0.39, 0.29) is 0 Å². The molecular formula is C16H24O3. The second-order valence-corrected chi connectivity index (χ2v) is 5.68. The first-order valence-corrected chi connectivity index (χ1v) is 6.77. The lowest BCUT2D eigenvalue weighted by atomic mass is 9.87. The van der Waals surface area contributed by atoms with Crippen molar-refractivity contribution in [1.29, 1.82) is 0 Å². The van der Waals surface area contributed by atoms with Crippen molar-refractivity contribution >= 4 is 5.97 Å². The van der Waals surface area contributed by atoms with Crippen molar-refractivity contribution in [2.24, 2.45) is 5.92 Å². The summed E-state index contributed by atoms with van der Waals surface area (Å²) in [5.74, 6) is 0.0747. The second kappa shape index (κ2) is 6.60. The van der Waals surface area contributed by atoms with Gasteiger partial charge in [0, 0.05) is 5.56 Å². The first-order valence-electron chi connectivity index (χ1n) is 6.77. The molecule has 0 bridgehead atoms. The van der Waals surface area contributed by atoms with E-state index in [1.807, 2.05) is 32.0 Å². The zero-order chi connectivity index (χ0) is 14.6. The van der Waals surface area contributed by atoms with Crippen molar-refractivity contribution in [3.8, 4) is 5.75 Å². The summed E-state index contributed by atoms with van der Waals surface area (Å²) in [6.45, 7) is 8.27. The van der Waals surface area contributed by atoms with Crippen molar-refractivity contribution in [2.75, 3.05) is 7.11 Å². The molecule has 106 valence electrons. The molecule has 1 unspecified atom stereocenters. The summed E-state index contributed by atoms with van der Waals surface area (Å²) in [6.07, 6.45) is 0.618. The molecule has 0 spiro atoms. The van der Waals surface area contributed by atoms with Crippen LogP contribution in [0.15, 0.2) is 18.2 Å². The van der Waals surface area contributed by atoms with Crippen LogP contribution in [0.4, 0.5) is 0 Å². The summed E-state index contributed by atoms with van der Waals surface area (Å²) >= 11 is 0. The first-order chi connectivity index (χ1) is 8.86. The van der Waals surface area contributed by atoms with Gasteiger partial charge in [-0.05, 0) is 29.9 Å². The maximum atomic E-state index is 11.5. The Morgan fingerprint density at radius 2 is 1.89 bits per heavy atom. The van der Waals surface area contributed by atoms with Crippen molar-refractivity contribution in [2.45, 2.75) is 46.0 Å². The molecule has 0 radical (unpaired) electrons. The van der Waals surface area contributed by atoms with Crippen LogP contribution in [0.1, 0.15) is 57.1 Å². The van der Waals surface area contributed by atoms with Gasteiger partial charge in [-0.25, -0.2) is 0 Å². The third-order valence-corrected chi connectivity index (χ3v) is 3.30. The molecule has 19 heavy (non-hydrogen) atoms. The molecule has 0 fully saturated rings. The van der Waals surface area contributed by atoms with Gasteiger partial charge in [0.25, 0.3) is 0 Å². The summed E-state index contributed by atoms with van der Waals surface area (Å²) < 4.78 is 5.33. The zero-order valence-corrected chi connectivity index (χ0v) is 12.4. The van der Waals surface area contributed by atoms with E-state index in [2.05, 4.69) is 13.8 Å². The lowest BCUT2D eigenvalue weighted by Gasteiger charge is -2.19. The number of hydrogen-bond acceptors (Lipinski definition) is 2. The highest BCUT2D eigenvalue weighted by Gasteiger charge is 2.25. The van der Waals surface area contributed by atoms with E-state index >= 15 is 0 Å². The predicted molar refractivity (Wildman–Crippen MR) is 76.9 cm³/mol. The minimum absolute atomic E-state index is 0.327. The number of rotatable bonds is 6. The Bertz CT molecular complexity index is 436. The number of hydrogen-bond donors (Lipinski definition) is 1. The summed E-state index contributed by atoms with van der Waals surface area (Å²) in [5.41, 5.74) is 1.93. The van der Waals surface area contributed by atoms with Crippen LogP contribution < -0.4 is 4.74 Å². The molecule has 1 rings (SSSR count). The van der Waals surface area contributed by atoms with Gasteiger partial charge in [0.05, 0.1) is 13.0 Å². The van der Waals surface area contributed by atoms with E-state index in [1.54, 1.807) is 7.11 Å². The lowest BCUT2D eigenvalue weighted by Crippen LogP contribution is -2.15. The normalized spacial score (nSPS) is 12.8. The number of methoxy groups -OCH3 is 1. The van der Waals surface area contributed by atoms with E-state index in [0.717, 1.165) is 11.1 Å². The standard InChI is InChI=1S/C16H24O3/c1-10(2)8-14(16(17)18)13-9-12(11(3)4)6-7-15(13)19-5/h6-7,9-11,14H,8H2,1-5H3,(H,17,18). The Balaban J connectivity index is 3.25. The molecule has 0 saturated heterocycles. The van der Waals surface area contributed by atoms with Gasteiger partial charge in [-0.3, -0.25) is 4.79 Å². The van der Waals surface area contributed by atoms with Crippen LogP contribution in [-0.2, 0) is 4.79 Å². The third kappa shape index (κ3) is 3.98. The fraction of sp³-hybridized carbons (Fsp3) is 0.562. The molecule has 0 aromatic heterocycles. The van der Waals surface area contributed by atoms with Gasteiger partial charge >= 0.3 is 5.97 Å². The third-order valence-electron chi connectivity index (χ3n) is 3.30. The van der Waals surface area contributed by atoms with Gasteiger partial charge in [0.15, 0.2) is 0 Å². The molecule has 1 atom stereocenters. The zero-order valence-electron chi connectivity index (χ0n) is 12.4. The van der Waals surface area contributed by atoms with Gasteiger partial charge in [0.1, 0.15) is 5.75 Å². The van der Waals surface area contributed by atoms with Gasteiger partial charge in [-0.1, -0.05) is 39.8 Å². The molecule has 0 aliphatic heterocycles. The van der Waals surface area contributed by atoms with Crippen LogP contribution in [0.25, 0.3) is 0 Å². The molecule has 1 N–H and O–H groups in total. The molecule has 3 nitrogen and oxygen atoms in total. The number of benzene rings is 1. The molecular weight excluding hydrogens is 240 g/mol. The summed E-state index contributed by atoms with van der Waals surface area (Å²) in [4.78, 5) is 11.5. The van der Waals surface area contributed by atoms with E-state index in [9.17, 15) is 9.90 Å². The van der Waals surface area contributed by atoms with Crippen LogP contribution in [-0.4, -0.2) is 18.2 Å². The summed E-state index contributed by atoms with van der Waals surface area (Å²) in [5, 5.41) is 9.47. The predicted octanol–water partition coefficient (Wildman–Crippen LogP) is 4.03. The second-order valence-electron chi connectivity index (χ2n) is 5.68. The number of carboxylic acids is 1. The van der Waals surface area contributed by atoms with Gasteiger partial charge in [-0.15, -0.1) is 0 Å². The summed E-state index contributed by atoms with van der Waals surface area (Å²) in [7, 11) is 1.59. The van der Waals surface area contributed by atoms with Crippen molar-refractivity contribution in [1.82, 2.24) is 0 Å². The Kier molecular flexibility index (Phi) is 5.40. The van der Waals surface area contributed by atoms with E-state index in [0.29, 0.717) is 24.0 Å². The van der Waals surface area contributed by atoms with E-state index < -0.39 is 11.9 Å². The number of carboxylic acid groups (broad SMARTS) is 1. The quantitative estimate of drug-likeness (QED) is 0.843. The van der Waals surface area contributed by atoms with Crippen LogP contribution in [0.2, 0.25) is 0 Å². The minimum Gasteiger partial charge on any atom is -0.496 e. The van der Waals surface area contributed by atoms with Crippen LogP contribution in [0.5, 0.6) is 5.75 Å². The van der Waals surface area contributed by atoms with Gasteiger partial charge in [0.2, 0.25) is 0 Å². The lowest BCUT2D eigenvalue weighted by molar-refractivity contribution is -0.139. The topological polar surface area (TPSA) is 46.5 Å². The maximum absolute atomic E-state index is 11.5.